The highest BCUT2D eigenvalue weighted by Gasteiger charge is 2.35. The van der Waals surface area contributed by atoms with Crippen molar-refractivity contribution in [1.29, 1.82) is 0 Å². The highest BCUT2D eigenvalue weighted by molar-refractivity contribution is 6.03. The number of nitrogens with zero attached hydrogens (tertiary/aromatic N) is 2. The molecule has 0 spiro atoms. The van der Waals surface area contributed by atoms with Crippen LogP contribution >= 0.6 is 0 Å². The van der Waals surface area contributed by atoms with Gasteiger partial charge in [0.15, 0.2) is 11.5 Å². The monoisotopic (exact) mass is 445 g/mol. The van der Waals surface area contributed by atoms with E-state index in [1.54, 1.807) is 35.4 Å². The molecule has 8 heteroatoms. The number of fused-ring (bicyclic) bond motifs is 1. The molecule has 8 nitrogen and oxygen atoms in total. The second-order valence-electron chi connectivity index (χ2n) is 7.86. The summed E-state index contributed by atoms with van der Waals surface area (Å²) in [5, 5.41) is 2.91. The zero-order valence-corrected chi connectivity index (χ0v) is 17.9. The van der Waals surface area contributed by atoms with E-state index >= 15 is 0 Å². The average molecular weight is 445 g/mol. The fourth-order valence-electron chi connectivity index (χ4n) is 3.88. The van der Waals surface area contributed by atoms with Gasteiger partial charge in [-0.25, -0.2) is 0 Å². The molecule has 1 saturated heterocycles. The predicted molar refractivity (Wildman–Crippen MR) is 122 cm³/mol. The largest absolute Gasteiger partial charge is 0.487 e. The van der Waals surface area contributed by atoms with Crippen LogP contribution in [-0.2, 0) is 16.2 Å². The Hall–Kier alpha value is -4.07. The smallest absolute Gasteiger partial charge is 0.229 e. The van der Waals surface area contributed by atoms with Gasteiger partial charge < -0.3 is 24.4 Å². The maximum absolute atomic E-state index is 12.9. The molecule has 168 valence electrons. The molecule has 0 saturated carbocycles. The molecule has 1 N–H and O–H groups in total. The van der Waals surface area contributed by atoms with Gasteiger partial charge in [-0.3, -0.25) is 14.6 Å². The summed E-state index contributed by atoms with van der Waals surface area (Å²) in [6, 6.07) is 18.2. The van der Waals surface area contributed by atoms with Crippen molar-refractivity contribution in [3.63, 3.8) is 0 Å². The average Bonchev–Trinajstić information content (AvgIpc) is 3.25. The second-order valence-corrected chi connectivity index (χ2v) is 7.86. The number of rotatable bonds is 6. The van der Waals surface area contributed by atoms with Crippen molar-refractivity contribution in [1.82, 2.24) is 4.98 Å². The van der Waals surface area contributed by atoms with E-state index in [1.165, 1.54) is 0 Å². The third-order valence-corrected chi connectivity index (χ3v) is 5.55. The van der Waals surface area contributed by atoms with Crippen molar-refractivity contribution in [2.24, 2.45) is 5.92 Å². The van der Waals surface area contributed by atoms with Crippen molar-refractivity contribution in [2.45, 2.75) is 13.0 Å². The minimum atomic E-state index is -0.455. The number of hydrogen-bond acceptors (Lipinski definition) is 6. The van der Waals surface area contributed by atoms with Gasteiger partial charge in [-0.2, -0.15) is 0 Å². The van der Waals surface area contributed by atoms with E-state index in [9.17, 15) is 9.59 Å². The molecule has 2 aromatic carbocycles. The van der Waals surface area contributed by atoms with Gasteiger partial charge in [0.05, 0.1) is 11.6 Å². The molecule has 1 atom stereocenters. The van der Waals surface area contributed by atoms with E-state index in [0.717, 1.165) is 5.69 Å². The standard InChI is InChI=1S/C25H23N3O5/c29-24-12-17(15-28(24)20-7-8-22-23(14-20)32-11-10-31-22)25(30)27-18-5-3-6-21(13-18)33-16-19-4-1-2-9-26-19/h1-9,13-14,17H,10-12,15-16H2,(H,27,30). The highest BCUT2D eigenvalue weighted by atomic mass is 16.6. The molecule has 0 radical (unpaired) electrons. The summed E-state index contributed by atoms with van der Waals surface area (Å²) in [6.45, 7) is 1.62. The lowest BCUT2D eigenvalue weighted by molar-refractivity contribution is -0.122. The maximum Gasteiger partial charge on any atom is 0.229 e. The van der Waals surface area contributed by atoms with Gasteiger partial charge >= 0.3 is 0 Å². The van der Waals surface area contributed by atoms with Gasteiger partial charge in [0.25, 0.3) is 0 Å². The summed E-state index contributed by atoms with van der Waals surface area (Å²) in [6.07, 6.45) is 1.86. The predicted octanol–water partition coefficient (Wildman–Crippen LogP) is 3.42. The van der Waals surface area contributed by atoms with E-state index < -0.39 is 5.92 Å². The highest BCUT2D eigenvalue weighted by Crippen LogP contribution is 2.36. The Morgan fingerprint density at radius 2 is 1.94 bits per heavy atom. The van der Waals surface area contributed by atoms with E-state index in [2.05, 4.69) is 10.3 Å². The number of hydrogen-bond donors (Lipinski definition) is 1. The van der Waals surface area contributed by atoms with E-state index in [0.29, 0.717) is 55.0 Å². The van der Waals surface area contributed by atoms with Gasteiger partial charge in [0.2, 0.25) is 11.8 Å². The molecule has 0 bridgehead atoms. The number of amides is 2. The molecule has 2 amide bonds. The normalized spacial score (nSPS) is 17.0. The molecular formula is C25H23N3O5. The van der Waals surface area contributed by atoms with E-state index in [1.807, 2.05) is 36.4 Å². The van der Waals surface area contributed by atoms with Crippen LogP contribution in [0, 0.1) is 5.92 Å². The van der Waals surface area contributed by atoms with Crippen molar-refractivity contribution >= 4 is 23.2 Å². The lowest BCUT2D eigenvalue weighted by Crippen LogP contribution is -2.28. The number of benzene rings is 2. The van der Waals surface area contributed by atoms with Crippen molar-refractivity contribution < 1.29 is 23.8 Å². The fraction of sp³-hybridized carbons (Fsp3) is 0.240. The van der Waals surface area contributed by atoms with Crippen molar-refractivity contribution in [3.05, 3.63) is 72.6 Å². The number of aromatic nitrogens is 1. The third kappa shape index (κ3) is 4.74. The Balaban J connectivity index is 1.21. The Kier molecular flexibility index (Phi) is 5.80. The Morgan fingerprint density at radius 1 is 1.06 bits per heavy atom. The van der Waals surface area contributed by atoms with Gasteiger partial charge in [-0.1, -0.05) is 12.1 Å². The fourth-order valence-corrected chi connectivity index (χ4v) is 3.88. The summed E-state index contributed by atoms with van der Waals surface area (Å²) >= 11 is 0. The first kappa shape index (κ1) is 20.8. The topological polar surface area (TPSA) is 90.0 Å². The number of carbonyl (C=O) groups excluding carboxylic acids is 2. The van der Waals surface area contributed by atoms with Crippen molar-refractivity contribution in [3.8, 4) is 17.2 Å². The van der Waals surface area contributed by atoms with Crippen LogP contribution in [0.5, 0.6) is 17.2 Å². The molecule has 3 aromatic rings. The number of nitrogens with one attached hydrogen (secondary N) is 1. The van der Waals surface area contributed by atoms with Crippen LogP contribution in [0.25, 0.3) is 0 Å². The van der Waals surface area contributed by atoms with Crippen LogP contribution in [0.4, 0.5) is 11.4 Å². The first-order valence-corrected chi connectivity index (χ1v) is 10.8. The van der Waals surface area contributed by atoms with Gasteiger partial charge in [0, 0.05) is 42.7 Å². The molecule has 5 rings (SSSR count). The Labute approximate surface area is 191 Å². The van der Waals surface area contributed by atoms with Crippen molar-refractivity contribution in [2.75, 3.05) is 30.0 Å². The third-order valence-electron chi connectivity index (χ3n) is 5.55. The number of pyridine rings is 1. The lowest BCUT2D eigenvalue weighted by atomic mass is 10.1. The second kappa shape index (κ2) is 9.20. The molecule has 0 aliphatic carbocycles. The van der Waals surface area contributed by atoms with Crippen LogP contribution in [0.2, 0.25) is 0 Å². The molecule has 33 heavy (non-hydrogen) atoms. The summed E-state index contributed by atoms with van der Waals surface area (Å²) in [7, 11) is 0. The van der Waals surface area contributed by atoms with Gasteiger partial charge in [0.1, 0.15) is 25.6 Å². The van der Waals surface area contributed by atoms with Crippen LogP contribution in [-0.4, -0.2) is 36.6 Å². The first-order valence-electron chi connectivity index (χ1n) is 10.8. The van der Waals surface area contributed by atoms with Gasteiger partial charge in [-0.05, 0) is 36.4 Å². The summed E-state index contributed by atoms with van der Waals surface area (Å²) in [5.41, 5.74) is 2.13. The summed E-state index contributed by atoms with van der Waals surface area (Å²) < 4.78 is 16.9. The maximum atomic E-state index is 12.9. The van der Waals surface area contributed by atoms with Crippen LogP contribution in [0.1, 0.15) is 12.1 Å². The summed E-state index contributed by atoms with van der Waals surface area (Å²) in [5.74, 6) is 1.14. The van der Waals surface area contributed by atoms with E-state index in [-0.39, 0.29) is 18.2 Å². The Morgan fingerprint density at radius 3 is 2.79 bits per heavy atom. The number of ether oxygens (including phenoxy) is 3. The SMILES string of the molecule is O=C(Nc1cccc(OCc2ccccn2)c1)C1CC(=O)N(c2ccc3c(c2)OCCO3)C1. The molecule has 1 fully saturated rings. The van der Waals surface area contributed by atoms with E-state index in [4.69, 9.17) is 14.2 Å². The first-order chi connectivity index (χ1) is 16.2. The molecular weight excluding hydrogens is 422 g/mol. The van der Waals surface area contributed by atoms with Crippen LogP contribution in [0.3, 0.4) is 0 Å². The number of carbonyl (C=O) groups is 2. The van der Waals surface area contributed by atoms with Crippen LogP contribution < -0.4 is 24.4 Å². The molecule has 1 unspecified atom stereocenters. The zero-order chi connectivity index (χ0) is 22.6. The quantitative estimate of drug-likeness (QED) is 0.625. The lowest BCUT2D eigenvalue weighted by Gasteiger charge is -2.22. The molecule has 2 aliphatic heterocycles. The minimum Gasteiger partial charge on any atom is -0.487 e. The summed E-state index contributed by atoms with van der Waals surface area (Å²) in [4.78, 5) is 31.4. The zero-order valence-electron chi connectivity index (χ0n) is 17.9. The van der Waals surface area contributed by atoms with Crippen LogP contribution in [0.15, 0.2) is 66.9 Å². The molecule has 3 heterocycles. The minimum absolute atomic E-state index is 0.0979. The molecule has 1 aromatic heterocycles. The Bertz CT molecular complexity index is 1170. The number of anilines is 2. The van der Waals surface area contributed by atoms with Gasteiger partial charge in [-0.15, -0.1) is 0 Å². The molecule has 2 aliphatic rings.